The average Bonchev–Trinajstić information content (AvgIpc) is 2.78. The number of benzene rings is 3. The lowest BCUT2D eigenvalue weighted by atomic mass is 10.1. The summed E-state index contributed by atoms with van der Waals surface area (Å²) in [5, 5.41) is 2.75. The van der Waals surface area contributed by atoms with Gasteiger partial charge in [-0.3, -0.25) is 9.10 Å². The van der Waals surface area contributed by atoms with Gasteiger partial charge in [0.05, 0.1) is 10.6 Å². The molecule has 0 fully saturated rings. The predicted octanol–water partition coefficient (Wildman–Crippen LogP) is 5.00. The number of carbonyl (C=O) groups is 1. The van der Waals surface area contributed by atoms with E-state index in [1.54, 1.807) is 30.3 Å². The van der Waals surface area contributed by atoms with Crippen molar-refractivity contribution in [2.45, 2.75) is 31.1 Å². The second-order valence-electron chi connectivity index (χ2n) is 7.15. The number of amides is 1. The number of nitrogens with one attached hydrogen (secondary N) is 1. The Hall–Kier alpha value is -3.19. The normalized spacial score (nSPS) is 11.2. The Bertz CT molecular complexity index is 1100. The summed E-state index contributed by atoms with van der Waals surface area (Å²) in [6.45, 7) is 1.72. The van der Waals surface area contributed by atoms with Crippen LogP contribution in [0.25, 0.3) is 0 Å². The van der Waals surface area contributed by atoms with Gasteiger partial charge < -0.3 is 5.32 Å². The van der Waals surface area contributed by atoms with Gasteiger partial charge in [-0.05, 0) is 66.9 Å². The molecule has 0 aliphatic heterocycles. The number of nitrogens with zero attached hydrogens (tertiary/aromatic N) is 1. The molecule has 5 nitrogen and oxygen atoms in total. The molecule has 0 aliphatic carbocycles. The van der Waals surface area contributed by atoms with Crippen molar-refractivity contribution < 1.29 is 17.6 Å². The Morgan fingerprint density at radius 2 is 1.58 bits per heavy atom. The number of para-hydroxylation sites is 1. The number of halogens is 1. The molecule has 0 aromatic heterocycles. The summed E-state index contributed by atoms with van der Waals surface area (Å²) in [5.74, 6) is -1.01. The quantitative estimate of drug-likeness (QED) is 0.509. The highest BCUT2D eigenvalue weighted by Crippen LogP contribution is 2.24. The minimum Gasteiger partial charge on any atom is -0.325 e. The highest BCUT2D eigenvalue weighted by atomic mass is 32.2. The number of aryl methyl sites for hydroxylation is 1. The number of unbranched alkanes of at least 4 members (excludes halogenated alkanes) is 1. The van der Waals surface area contributed by atoms with Crippen molar-refractivity contribution in [3.8, 4) is 0 Å². The first-order valence-corrected chi connectivity index (χ1v) is 11.6. The van der Waals surface area contributed by atoms with Gasteiger partial charge >= 0.3 is 0 Å². The number of hydrogen-bond donors (Lipinski definition) is 1. The van der Waals surface area contributed by atoms with E-state index in [1.165, 1.54) is 17.7 Å². The van der Waals surface area contributed by atoms with Crippen molar-refractivity contribution in [2.24, 2.45) is 0 Å². The van der Waals surface area contributed by atoms with E-state index in [0.717, 1.165) is 35.7 Å². The average molecular weight is 441 g/mol. The van der Waals surface area contributed by atoms with Crippen LogP contribution in [0, 0.1) is 5.82 Å². The Balaban J connectivity index is 1.80. The lowest BCUT2D eigenvalue weighted by Gasteiger charge is -2.24. The summed E-state index contributed by atoms with van der Waals surface area (Å²) in [5.41, 5.74) is 2.12. The Morgan fingerprint density at radius 3 is 2.19 bits per heavy atom. The third-order valence-corrected chi connectivity index (χ3v) is 6.58. The maximum absolute atomic E-state index is 13.3. The summed E-state index contributed by atoms with van der Waals surface area (Å²) >= 11 is 0. The molecule has 0 spiro atoms. The molecule has 0 heterocycles. The van der Waals surface area contributed by atoms with Crippen molar-refractivity contribution >= 4 is 27.3 Å². The van der Waals surface area contributed by atoms with Gasteiger partial charge in [0.2, 0.25) is 5.91 Å². The van der Waals surface area contributed by atoms with Crippen LogP contribution in [0.4, 0.5) is 15.8 Å². The molecule has 1 N–H and O–H groups in total. The van der Waals surface area contributed by atoms with Crippen LogP contribution in [0.15, 0.2) is 83.8 Å². The zero-order chi connectivity index (χ0) is 22.3. The Labute approximate surface area is 182 Å². The first kappa shape index (κ1) is 22.5. The largest absolute Gasteiger partial charge is 0.325 e. The minimum absolute atomic E-state index is 0.0918. The smallest absolute Gasteiger partial charge is 0.264 e. The second kappa shape index (κ2) is 10.2. The molecule has 31 heavy (non-hydrogen) atoms. The highest BCUT2D eigenvalue weighted by Gasteiger charge is 2.27. The third kappa shape index (κ3) is 5.92. The van der Waals surface area contributed by atoms with Crippen LogP contribution in [-0.2, 0) is 21.2 Å². The third-order valence-electron chi connectivity index (χ3n) is 4.79. The summed E-state index contributed by atoms with van der Waals surface area (Å²) < 4.78 is 40.7. The molecule has 0 unspecified atom stereocenters. The van der Waals surface area contributed by atoms with Gasteiger partial charge in [0, 0.05) is 5.69 Å². The van der Waals surface area contributed by atoms with Gasteiger partial charge in [0.15, 0.2) is 0 Å². The van der Waals surface area contributed by atoms with Gasteiger partial charge in [-0.2, -0.15) is 0 Å². The molecular weight excluding hydrogens is 415 g/mol. The summed E-state index contributed by atoms with van der Waals surface area (Å²) in [4.78, 5) is 12.6. The van der Waals surface area contributed by atoms with E-state index in [9.17, 15) is 17.6 Å². The van der Waals surface area contributed by atoms with Crippen LogP contribution in [-0.4, -0.2) is 20.9 Å². The molecule has 0 atom stereocenters. The zero-order valence-electron chi connectivity index (χ0n) is 17.3. The van der Waals surface area contributed by atoms with E-state index in [1.807, 2.05) is 24.3 Å². The van der Waals surface area contributed by atoms with Crippen LogP contribution >= 0.6 is 0 Å². The van der Waals surface area contributed by atoms with E-state index < -0.39 is 28.3 Å². The fraction of sp³-hybridized carbons (Fsp3) is 0.208. The molecular formula is C24H25FN2O3S. The van der Waals surface area contributed by atoms with Gasteiger partial charge in [-0.1, -0.05) is 43.7 Å². The number of anilines is 2. The van der Waals surface area contributed by atoms with E-state index in [0.29, 0.717) is 11.4 Å². The molecule has 3 aromatic rings. The molecule has 1 amide bonds. The van der Waals surface area contributed by atoms with Crippen molar-refractivity contribution in [2.75, 3.05) is 16.2 Å². The molecule has 7 heteroatoms. The van der Waals surface area contributed by atoms with Crippen LogP contribution in [0.1, 0.15) is 25.3 Å². The van der Waals surface area contributed by atoms with Crippen LogP contribution in [0.2, 0.25) is 0 Å². The van der Waals surface area contributed by atoms with Crippen LogP contribution in [0.5, 0.6) is 0 Å². The highest BCUT2D eigenvalue weighted by molar-refractivity contribution is 7.92. The standard InChI is InChI=1S/C24H25FN2O3S/c1-2-3-7-19-10-14-21(15-11-19)26-24(28)18-27(22-8-5-4-6-9-22)31(29,30)23-16-12-20(25)13-17-23/h4-6,8-17H,2-3,7,18H2,1H3,(H,26,28). The van der Waals surface area contributed by atoms with Gasteiger partial charge in [0.25, 0.3) is 10.0 Å². The maximum Gasteiger partial charge on any atom is 0.264 e. The fourth-order valence-electron chi connectivity index (χ4n) is 3.11. The molecule has 0 saturated heterocycles. The topological polar surface area (TPSA) is 66.5 Å². The molecule has 3 rings (SSSR count). The zero-order valence-corrected chi connectivity index (χ0v) is 18.1. The molecule has 0 radical (unpaired) electrons. The van der Waals surface area contributed by atoms with Crippen molar-refractivity contribution in [3.05, 3.63) is 90.2 Å². The van der Waals surface area contributed by atoms with Gasteiger partial charge in [-0.25, -0.2) is 12.8 Å². The Morgan fingerprint density at radius 1 is 0.935 bits per heavy atom. The molecule has 0 aliphatic rings. The number of rotatable bonds is 9. The van der Waals surface area contributed by atoms with E-state index >= 15 is 0 Å². The lowest BCUT2D eigenvalue weighted by Crippen LogP contribution is -2.38. The number of hydrogen-bond acceptors (Lipinski definition) is 3. The van der Waals surface area contributed by atoms with Crippen molar-refractivity contribution in [1.29, 1.82) is 0 Å². The van der Waals surface area contributed by atoms with E-state index in [-0.39, 0.29) is 4.90 Å². The Kier molecular flexibility index (Phi) is 7.41. The summed E-state index contributed by atoms with van der Waals surface area (Å²) in [6.07, 6.45) is 3.18. The monoisotopic (exact) mass is 440 g/mol. The first-order valence-electron chi connectivity index (χ1n) is 10.1. The maximum atomic E-state index is 13.3. The van der Waals surface area contributed by atoms with Crippen molar-refractivity contribution in [1.82, 2.24) is 0 Å². The summed E-state index contributed by atoms with van der Waals surface area (Å²) in [7, 11) is -4.07. The van der Waals surface area contributed by atoms with Crippen molar-refractivity contribution in [3.63, 3.8) is 0 Å². The molecule has 162 valence electrons. The lowest BCUT2D eigenvalue weighted by molar-refractivity contribution is -0.114. The molecule has 3 aromatic carbocycles. The number of carbonyl (C=O) groups excluding carboxylic acids is 1. The SMILES string of the molecule is CCCCc1ccc(NC(=O)CN(c2ccccc2)S(=O)(=O)c2ccc(F)cc2)cc1. The first-order chi connectivity index (χ1) is 14.9. The van der Waals surface area contributed by atoms with E-state index in [4.69, 9.17) is 0 Å². The van der Waals surface area contributed by atoms with Crippen LogP contribution < -0.4 is 9.62 Å². The summed E-state index contributed by atoms with van der Waals surface area (Å²) in [6, 6.07) is 20.4. The minimum atomic E-state index is -4.07. The van der Waals surface area contributed by atoms with E-state index in [2.05, 4.69) is 12.2 Å². The van der Waals surface area contributed by atoms with Gasteiger partial charge in [-0.15, -0.1) is 0 Å². The molecule has 0 bridgehead atoms. The fourth-order valence-corrected chi connectivity index (χ4v) is 4.53. The number of sulfonamides is 1. The van der Waals surface area contributed by atoms with Gasteiger partial charge in [0.1, 0.15) is 12.4 Å². The molecule has 0 saturated carbocycles. The second-order valence-corrected chi connectivity index (χ2v) is 9.01. The predicted molar refractivity (Wildman–Crippen MR) is 121 cm³/mol. The van der Waals surface area contributed by atoms with Crippen LogP contribution in [0.3, 0.4) is 0 Å².